The van der Waals surface area contributed by atoms with Gasteiger partial charge in [0, 0.05) is 38.2 Å². The first kappa shape index (κ1) is 14.3. The molecule has 0 aliphatic heterocycles. The molecule has 0 aliphatic carbocycles. The maximum atomic E-state index is 12.8. The summed E-state index contributed by atoms with van der Waals surface area (Å²) in [7, 11) is 3.28. The molecule has 0 saturated carbocycles. The van der Waals surface area contributed by atoms with Crippen LogP contribution in [-0.2, 0) is 14.1 Å². The lowest BCUT2D eigenvalue weighted by Gasteiger charge is -2.03. The fraction of sp³-hybridized carbons (Fsp3) is 0.133. The monoisotopic (exact) mass is 316 g/mol. The lowest BCUT2D eigenvalue weighted by atomic mass is 10.0. The van der Waals surface area contributed by atoms with Gasteiger partial charge in [0.1, 0.15) is 5.56 Å². The van der Waals surface area contributed by atoms with E-state index in [1.807, 2.05) is 0 Å². The summed E-state index contributed by atoms with van der Waals surface area (Å²) in [6.07, 6.45) is 4.83. The van der Waals surface area contributed by atoms with Crippen LogP contribution < -0.4 is 5.56 Å². The van der Waals surface area contributed by atoms with Crippen LogP contribution in [-0.4, -0.2) is 25.1 Å². The van der Waals surface area contributed by atoms with E-state index in [2.05, 4.69) is 10.1 Å². The van der Waals surface area contributed by atoms with E-state index in [0.29, 0.717) is 16.4 Å². The molecule has 0 radical (unpaired) electrons. The first-order valence-electron chi connectivity index (χ1n) is 6.55. The molecule has 0 amide bonds. The number of H-pyrrole nitrogens is 1. The van der Waals surface area contributed by atoms with E-state index in [1.165, 1.54) is 4.68 Å². The van der Waals surface area contributed by atoms with Crippen molar-refractivity contribution < 1.29 is 4.79 Å². The molecular weight excluding hydrogens is 304 g/mol. The number of nitrogens with zero attached hydrogens (tertiary/aromatic N) is 3. The van der Waals surface area contributed by atoms with Crippen molar-refractivity contribution in [3.8, 4) is 11.3 Å². The number of nitrogens with one attached hydrogen (secondary N) is 1. The van der Waals surface area contributed by atoms with E-state index in [9.17, 15) is 9.59 Å². The Bertz CT molecular complexity index is 906. The van der Waals surface area contributed by atoms with Crippen molar-refractivity contribution in [2.45, 2.75) is 0 Å². The Labute approximate surface area is 131 Å². The third-order valence-corrected chi connectivity index (χ3v) is 3.65. The van der Waals surface area contributed by atoms with Crippen LogP contribution in [0.2, 0.25) is 5.02 Å². The molecule has 0 saturated heterocycles. The maximum Gasteiger partial charge on any atom is 0.278 e. The zero-order chi connectivity index (χ0) is 15.9. The summed E-state index contributed by atoms with van der Waals surface area (Å²) in [5, 5.41) is 3.37. The average Bonchev–Trinajstić information content (AvgIpc) is 2.99. The number of ketones is 1. The van der Waals surface area contributed by atoms with E-state index in [1.54, 1.807) is 55.5 Å². The largest absolute Gasteiger partial charge is 0.346 e. The molecule has 7 heteroatoms. The molecular formula is C15H13ClN4O2. The van der Waals surface area contributed by atoms with Crippen LogP contribution in [0.25, 0.3) is 11.3 Å². The second kappa shape index (κ2) is 5.31. The first-order chi connectivity index (χ1) is 10.5. The zero-order valence-corrected chi connectivity index (χ0v) is 12.8. The van der Waals surface area contributed by atoms with Gasteiger partial charge in [-0.3, -0.25) is 24.4 Å². The number of aryl methyl sites for hydroxylation is 2. The summed E-state index contributed by atoms with van der Waals surface area (Å²) in [4.78, 5) is 29.1. The van der Waals surface area contributed by atoms with Gasteiger partial charge in [0.25, 0.3) is 5.56 Å². The van der Waals surface area contributed by atoms with E-state index in [4.69, 9.17) is 11.6 Å². The van der Waals surface area contributed by atoms with Crippen LogP contribution >= 0.6 is 11.6 Å². The van der Waals surface area contributed by atoms with Gasteiger partial charge in [0.2, 0.25) is 5.78 Å². The van der Waals surface area contributed by atoms with Gasteiger partial charge in [-0.1, -0.05) is 11.6 Å². The Kier molecular flexibility index (Phi) is 3.46. The second-order valence-corrected chi connectivity index (χ2v) is 5.38. The van der Waals surface area contributed by atoms with Crippen molar-refractivity contribution in [1.82, 2.24) is 19.3 Å². The minimum absolute atomic E-state index is 0.0894. The predicted octanol–water partition coefficient (Wildman–Crippen LogP) is 2.00. The first-order valence-corrected chi connectivity index (χ1v) is 6.93. The standard InChI is InChI=1S/C15H13ClN4O2/c1-19-8-10(16)7-11(19)14(21)12-13(18-20(2)15(12)22)9-3-5-17-6-4-9/h3-8,18H,1-2H3. The summed E-state index contributed by atoms with van der Waals surface area (Å²) < 4.78 is 2.89. The van der Waals surface area contributed by atoms with Crippen molar-refractivity contribution >= 4 is 17.4 Å². The Balaban J connectivity index is 2.21. The van der Waals surface area contributed by atoms with Crippen LogP contribution in [0.4, 0.5) is 0 Å². The molecule has 3 aromatic heterocycles. The summed E-state index contributed by atoms with van der Waals surface area (Å²) in [6, 6.07) is 5.02. The molecule has 0 fully saturated rings. The predicted molar refractivity (Wildman–Crippen MR) is 83.1 cm³/mol. The van der Waals surface area contributed by atoms with Gasteiger partial charge in [0.15, 0.2) is 0 Å². The summed E-state index contributed by atoms with van der Waals surface area (Å²) >= 11 is 5.93. The van der Waals surface area contributed by atoms with Crippen LogP contribution in [0.1, 0.15) is 16.1 Å². The van der Waals surface area contributed by atoms with Gasteiger partial charge >= 0.3 is 0 Å². The fourth-order valence-corrected chi connectivity index (χ4v) is 2.61. The third kappa shape index (κ3) is 2.27. The highest BCUT2D eigenvalue weighted by Gasteiger charge is 2.24. The number of aromatic amines is 1. The van der Waals surface area contributed by atoms with Crippen molar-refractivity contribution in [3.05, 3.63) is 63.4 Å². The molecule has 6 nitrogen and oxygen atoms in total. The van der Waals surface area contributed by atoms with E-state index in [0.717, 1.165) is 5.56 Å². The lowest BCUT2D eigenvalue weighted by molar-refractivity contribution is 0.103. The smallest absolute Gasteiger partial charge is 0.278 e. The zero-order valence-electron chi connectivity index (χ0n) is 12.0. The topological polar surface area (TPSA) is 72.7 Å². The number of hydrogen-bond donors (Lipinski definition) is 1. The molecule has 0 aliphatic rings. The number of rotatable bonds is 3. The van der Waals surface area contributed by atoms with Crippen molar-refractivity contribution in [2.75, 3.05) is 0 Å². The number of halogens is 1. The lowest BCUT2D eigenvalue weighted by Crippen LogP contribution is -2.20. The van der Waals surface area contributed by atoms with Gasteiger partial charge in [-0.15, -0.1) is 0 Å². The molecule has 3 aromatic rings. The highest BCUT2D eigenvalue weighted by Crippen LogP contribution is 2.22. The van der Waals surface area contributed by atoms with E-state index < -0.39 is 0 Å². The Morgan fingerprint density at radius 3 is 2.55 bits per heavy atom. The normalized spacial score (nSPS) is 10.9. The number of carbonyl (C=O) groups is 1. The number of aromatic nitrogens is 4. The molecule has 3 rings (SSSR count). The molecule has 112 valence electrons. The van der Waals surface area contributed by atoms with Gasteiger partial charge in [-0.25, -0.2) is 0 Å². The average molecular weight is 317 g/mol. The van der Waals surface area contributed by atoms with E-state index in [-0.39, 0.29) is 16.9 Å². The quantitative estimate of drug-likeness (QED) is 0.751. The Morgan fingerprint density at radius 1 is 1.27 bits per heavy atom. The molecule has 0 aromatic carbocycles. The fourth-order valence-electron chi connectivity index (χ4n) is 2.37. The molecule has 3 heterocycles. The molecule has 0 spiro atoms. The SMILES string of the molecule is Cn1cc(Cl)cc1C(=O)c1c(-c2ccncc2)[nH]n(C)c1=O. The number of pyridine rings is 1. The molecule has 0 atom stereocenters. The number of hydrogen-bond acceptors (Lipinski definition) is 3. The maximum absolute atomic E-state index is 12.8. The van der Waals surface area contributed by atoms with E-state index >= 15 is 0 Å². The van der Waals surface area contributed by atoms with Gasteiger partial charge in [-0.05, 0) is 18.2 Å². The third-order valence-electron chi connectivity index (χ3n) is 3.45. The highest BCUT2D eigenvalue weighted by atomic mass is 35.5. The summed E-state index contributed by atoms with van der Waals surface area (Å²) in [5.41, 5.74) is 1.26. The van der Waals surface area contributed by atoms with Gasteiger partial charge in [-0.2, -0.15) is 0 Å². The molecule has 1 N–H and O–H groups in total. The Morgan fingerprint density at radius 2 is 1.95 bits per heavy atom. The second-order valence-electron chi connectivity index (χ2n) is 4.95. The van der Waals surface area contributed by atoms with Crippen LogP contribution in [0.5, 0.6) is 0 Å². The van der Waals surface area contributed by atoms with Crippen molar-refractivity contribution in [3.63, 3.8) is 0 Å². The van der Waals surface area contributed by atoms with Crippen molar-refractivity contribution in [1.29, 1.82) is 0 Å². The highest BCUT2D eigenvalue weighted by molar-refractivity contribution is 6.31. The minimum Gasteiger partial charge on any atom is -0.346 e. The Hall–Kier alpha value is -2.60. The van der Waals surface area contributed by atoms with Gasteiger partial charge < -0.3 is 4.57 Å². The minimum atomic E-state index is -0.380. The van der Waals surface area contributed by atoms with Gasteiger partial charge in [0.05, 0.1) is 16.4 Å². The van der Waals surface area contributed by atoms with Crippen LogP contribution in [0.15, 0.2) is 41.6 Å². The van der Waals surface area contributed by atoms with Crippen LogP contribution in [0.3, 0.4) is 0 Å². The summed E-state index contributed by atoms with van der Waals surface area (Å²) in [5.74, 6) is -0.372. The number of carbonyl (C=O) groups excluding carboxylic acids is 1. The summed E-state index contributed by atoms with van der Waals surface area (Å²) in [6.45, 7) is 0. The molecule has 0 bridgehead atoms. The van der Waals surface area contributed by atoms with Crippen molar-refractivity contribution in [2.24, 2.45) is 14.1 Å². The molecule has 0 unspecified atom stereocenters. The molecule has 22 heavy (non-hydrogen) atoms. The van der Waals surface area contributed by atoms with Crippen LogP contribution in [0, 0.1) is 0 Å².